The van der Waals surface area contributed by atoms with Crippen LogP contribution in [0.3, 0.4) is 0 Å². The highest BCUT2D eigenvalue weighted by atomic mass is 32.1. The summed E-state index contributed by atoms with van der Waals surface area (Å²) in [6, 6.07) is 8.19. The van der Waals surface area contributed by atoms with E-state index in [2.05, 4.69) is 10.1 Å². The maximum Gasteiger partial charge on any atom is 0.342 e. The fraction of sp³-hybridized carbons (Fsp3) is 0.294. The molecular weight excluding hydrogens is 342 g/mol. The first-order chi connectivity index (χ1) is 12.1. The minimum atomic E-state index is -0.524. The molecule has 0 N–H and O–H groups in total. The quantitative estimate of drug-likeness (QED) is 0.629. The van der Waals surface area contributed by atoms with E-state index in [4.69, 9.17) is 9.47 Å². The van der Waals surface area contributed by atoms with Gasteiger partial charge in [-0.05, 0) is 25.5 Å². The SMILES string of the molecule is CCOc1ccccc1C(=O)OCc1cc(=O)n2nc(CC)sc2n1. The first kappa shape index (κ1) is 17.1. The Labute approximate surface area is 147 Å². The van der Waals surface area contributed by atoms with Crippen molar-refractivity contribution in [1.29, 1.82) is 0 Å². The van der Waals surface area contributed by atoms with Crippen LogP contribution in [0.1, 0.15) is 34.9 Å². The predicted octanol–water partition coefficient (Wildman–Crippen LogP) is 2.47. The molecule has 0 saturated carbocycles. The van der Waals surface area contributed by atoms with E-state index < -0.39 is 5.97 Å². The number of aryl methyl sites for hydroxylation is 1. The highest BCUT2D eigenvalue weighted by Crippen LogP contribution is 2.19. The molecule has 0 amide bonds. The number of rotatable bonds is 6. The van der Waals surface area contributed by atoms with E-state index in [1.165, 1.54) is 21.9 Å². The first-order valence-electron chi connectivity index (χ1n) is 7.90. The zero-order valence-corrected chi connectivity index (χ0v) is 14.7. The van der Waals surface area contributed by atoms with Crippen LogP contribution in [0.5, 0.6) is 5.75 Å². The van der Waals surface area contributed by atoms with Crippen molar-refractivity contribution >= 4 is 22.3 Å². The molecule has 7 nitrogen and oxygen atoms in total. The Morgan fingerprint density at radius 1 is 1.28 bits per heavy atom. The molecule has 130 valence electrons. The van der Waals surface area contributed by atoms with Crippen LogP contribution in [0.2, 0.25) is 0 Å². The van der Waals surface area contributed by atoms with Gasteiger partial charge in [-0.15, -0.1) is 0 Å². The fourth-order valence-corrected chi connectivity index (χ4v) is 3.10. The largest absolute Gasteiger partial charge is 0.493 e. The van der Waals surface area contributed by atoms with Crippen molar-refractivity contribution in [3.8, 4) is 5.75 Å². The third kappa shape index (κ3) is 3.69. The molecule has 0 saturated heterocycles. The minimum absolute atomic E-state index is 0.0929. The molecule has 0 aliphatic carbocycles. The second-order valence-electron chi connectivity index (χ2n) is 5.13. The van der Waals surface area contributed by atoms with Crippen LogP contribution >= 0.6 is 11.3 Å². The Bertz CT molecular complexity index is 964. The molecule has 0 fully saturated rings. The van der Waals surface area contributed by atoms with Crippen LogP contribution in [0.15, 0.2) is 35.1 Å². The van der Waals surface area contributed by atoms with Crippen molar-refractivity contribution in [3.05, 3.63) is 57.0 Å². The zero-order valence-electron chi connectivity index (χ0n) is 13.9. The van der Waals surface area contributed by atoms with E-state index in [9.17, 15) is 9.59 Å². The number of hydrogen-bond donors (Lipinski definition) is 0. The molecule has 0 aliphatic rings. The number of hydrogen-bond acceptors (Lipinski definition) is 7. The maximum atomic E-state index is 12.3. The van der Waals surface area contributed by atoms with Crippen LogP contribution in [0, 0.1) is 0 Å². The highest BCUT2D eigenvalue weighted by Gasteiger charge is 2.15. The molecule has 3 rings (SSSR count). The highest BCUT2D eigenvalue weighted by molar-refractivity contribution is 7.16. The number of ether oxygens (including phenoxy) is 2. The third-order valence-electron chi connectivity index (χ3n) is 3.40. The summed E-state index contributed by atoms with van der Waals surface area (Å²) in [7, 11) is 0. The van der Waals surface area contributed by atoms with E-state index >= 15 is 0 Å². The third-order valence-corrected chi connectivity index (χ3v) is 4.45. The molecule has 0 bridgehead atoms. The zero-order chi connectivity index (χ0) is 17.8. The topological polar surface area (TPSA) is 82.8 Å². The summed E-state index contributed by atoms with van der Waals surface area (Å²) < 4.78 is 12.0. The van der Waals surface area contributed by atoms with E-state index in [1.54, 1.807) is 24.3 Å². The smallest absolute Gasteiger partial charge is 0.342 e. The second-order valence-corrected chi connectivity index (χ2v) is 6.18. The van der Waals surface area contributed by atoms with Gasteiger partial charge in [-0.3, -0.25) is 4.79 Å². The fourth-order valence-electron chi connectivity index (χ4n) is 2.25. The predicted molar refractivity (Wildman–Crippen MR) is 93.2 cm³/mol. The van der Waals surface area contributed by atoms with Gasteiger partial charge in [0.25, 0.3) is 5.56 Å². The first-order valence-corrected chi connectivity index (χ1v) is 8.71. The lowest BCUT2D eigenvalue weighted by Crippen LogP contribution is -2.17. The number of carbonyl (C=O) groups is 1. The van der Waals surface area contributed by atoms with Crippen LogP contribution in [0.25, 0.3) is 4.96 Å². The molecule has 8 heteroatoms. The van der Waals surface area contributed by atoms with Gasteiger partial charge in [0.05, 0.1) is 12.3 Å². The summed E-state index contributed by atoms with van der Waals surface area (Å²) in [5.74, 6) is -0.0573. The number of benzene rings is 1. The Balaban J connectivity index is 1.78. The lowest BCUT2D eigenvalue weighted by atomic mass is 10.2. The van der Waals surface area contributed by atoms with E-state index in [1.807, 2.05) is 13.8 Å². The number of para-hydroxylation sites is 1. The van der Waals surface area contributed by atoms with Crippen LogP contribution < -0.4 is 10.3 Å². The van der Waals surface area contributed by atoms with Gasteiger partial charge in [0, 0.05) is 6.07 Å². The van der Waals surface area contributed by atoms with Crippen molar-refractivity contribution in [2.75, 3.05) is 6.61 Å². The minimum Gasteiger partial charge on any atom is -0.493 e. The number of carbonyl (C=O) groups excluding carboxylic acids is 1. The summed E-state index contributed by atoms with van der Waals surface area (Å²) in [5, 5.41) is 5.01. The van der Waals surface area contributed by atoms with Crippen molar-refractivity contribution in [2.45, 2.75) is 26.9 Å². The van der Waals surface area contributed by atoms with Crippen LogP contribution in [-0.2, 0) is 17.8 Å². The monoisotopic (exact) mass is 359 g/mol. The summed E-state index contributed by atoms with van der Waals surface area (Å²) in [5.41, 5.74) is 0.438. The van der Waals surface area contributed by atoms with Crippen molar-refractivity contribution in [3.63, 3.8) is 0 Å². The van der Waals surface area contributed by atoms with Crippen molar-refractivity contribution in [1.82, 2.24) is 14.6 Å². The maximum absolute atomic E-state index is 12.3. The Morgan fingerprint density at radius 3 is 2.84 bits per heavy atom. The molecule has 3 aromatic rings. The van der Waals surface area contributed by atoms with E-state index in [-0.39, 0.29) is 12.2 Å². The molecule has 0 unspecified atom stereocenters. The van der Waals surface area contributed by atoms with Gasteiger partial charge < -0.3 is 9.47 Å². The molecule has 25 heavy (non-hydrogen) atoms. The van der Waals surface area contributed by atoms with Gasteiger partial charge in [0.2, 0.25) is 4.96 Å². The standard InChI is InChI=1S/C17H17N3O4S/c1-3-14-19-20-15(21)9-11(18-17(20)25-14)10-24-16(22)12-7-5-6-8-13(12)23-4-2/h5-9H,3-4,10H2,1-2H3. The number of fused-ring (bicyclic) bond motifs is 1. The van der Waals surface area contributed by atoms with Gasteiger partial charge in [-0.1, -0.05) is 30.4 Å². The lowest BCUT2D eigenvalue weighted by molar-refractivity contribution is 0.0463. The number of esters is 1. The van der Waals surface area contributed by atoms with Gasteiger partial charge in [-0.25, -0.2) is 9.78 Å². The van der Waals surface area contributed by atoms with Gasteiger partial charge in [0.1, 0.15) is 22.9 Å². The summed E-state index contributed by atoms with van der Waals surface area (Å²) >= 11 is 1.35. The summed E-state index contributed by atoms with van der Waals surface area (Å²) in [6.07, 6.45) is 0.728. The molecule has 2 aromatic heterocycles. The molecule has 0 radical (unpaired) electrons. The average Bonchev–Trinajstić information content (AvgIpc) is 3.04. The average molecular weight is 359 g/mol. The van der Waals surface area contributed by atoms with Gasteiger partial charge in [-0.2, -0.15) is 9.61 Å². The van der Waals surface area contributed by atoms with E-state index in [0.29, 0.717) is 28.6 Å². The van der Waals surface area contributed by atoms with E-state index in [0.717, 1.165) is 11.4 Å². The molecular formula is C17H17N3O4S. The Hall–Kier alpha value is -2.74. The van der Waals surface area contributed by atoms with Gasteiger partial charge in [0.15, 0.2) is 0 Å². The van der Waals surface area contributed by atoms with Crippen molar-refractivity contribution < 1.29 is 14.3 Å². The second kappa shape index (κ2) is 7.43. The number of aromatic nitrogens is 3. The summed E-state index contributed by atoms with van der Waals surface area (Å²) in [4.78, 5) is 29.2. The molecule has 0 spiro atoms. The van der Waals surface area contributed by atoms with Crippen LogP contribution in [0.4, 0.5) is 0 Å². The molecule has 2 heterocycles. The van der Waals surface area contributed by atoms with Crippen LogP contribution in [-0.4, -0.2) is 27.2 Å². The normalized spacial score (nSPS) is 10.8. The molecule has 0 aliphatic heterocycles. The Kier molecular flexibility index (Phi) is 5.08. The lowest BCUT2D eigenvalue weighted by Gasteiger charge is -2.09. The van der Waals surface area contributed by atoms with Crippen molar-refractivity contribution in [2.24, 2.45) is 0 Å². The molecule has 1 aromatic carbocycles. The van der Waals surface area contributed by atoms with Gasteiger partial charge >= 0.3 is 5.97 Å². The molecule has 0 atom stereocenters. The number of nitrogens with zero attached hydrogens (tertiary/aromatic N) is 3. The Morgan fingerprint density at radius 2 is 2.08 bits per heavy atom. The summed E-state index contributed by atoms with van der Waals surface area (Å²) in [6.45, 7) is 4.16.